The Morgan fingerprint density at radius 2 is 2.12 bits per heavy atom. The van der Waals surface area contributed by atoms with Crippen molar-refractivity contribution in [1.29, 1.82) is 0 Å². The molecule has 3 nitrogen and oxygen atoms in total. The highest BCUT2D eigenvalue weighted by Gasteiger charge is 1.98. The predicted molar refractivity (Wildman–Crippen MR) is 64.6 cm³/mol. The molecule has 0 radical (unpaired) electrons. The number of nitrogens with zero attached hydrogens (tertiary/aromatic N) is 2. The summed E-state index contributed by atoms with van der Waals surface area (Å²) in [6.07, 6.45) is 4.73. The number of thioether (sulfide) groups is 1. The minimum absolute atomic E-state index is 0.714. The number of hydrogen-bond donors (Lipinski definition) is 0. The van der Waals surface area contributed by atoms with Crippen molar-refractivity contribution in [2.24, 2.45) is 7.05 Å². The molecule has 82 valence electrons. The molecule has 4 heteroatoms. The Morgan fingerprint density at radius 1 is 1.38 bits per heavy atom. The van der Waals surface area contributed by atoms with Gasteiger partial charge in [-0.25, -0.2) is 0 Å². The van der Waals surface area contributed by atoms with Crippen LogP contribution >= 0.6 is 11.8 Å². The molecule has 1 aromatic carbocycles. The zero-order valence-corrected chi connectivity index (χ0v) is 9.78. The molecule has 0 saturated heterocycles. The first-order chi connectivity index (χ1) is 7.78. The van der Waals surface area contributed by atoms with Gasteiger partial charge in [0.05, 0.1) is 6.20 Å². The summed E-state index contributed by atoms with van der Waals surface area (Å²) < 4.78 is 1.80. The van der Waals surface area contributed by atoms with Gasteiger partial charge in [-0.3, -0.25) is 9.48 Å². The van der Waals surface area contributed by atoms with Gasteiger partial charge < -0.3 is 0 Å². The highest BCUT2D eigenvalue weighted by Crippen LogP contribution is 2.22. The Kier molecular flexibility index (Phi) is 3.41. The zero-order chi connectivity index (χ0) is 11.4. The van der Waals surface area contributed by atoms with Crippen molar-refractivity contribution in [2.75, 3.05) is 0 Å². The van der Waals surface area contributed by atoms with Gasteiger partial charge in [-0.2, -0.15) is 5.10 Å². The molecule has 1 heterocycles. The quantitative estimate of drug-likeness (QED) is 0.600. The van der Waals surface area contributed by atoms with Crippen molar-refractivity contribution in [3.8, 4) is 0 Å². The number of aldehydes is 1. The van der Waals surface area contributed by atoms with E-state index in [0.29, 0.717) is 5.56 Å². The molecule has 0 unspecified atom stereocenters. The molecule has 0 spiro atoms. The molecular weight excluding hydrogens is 220 g/mol. The van der Waals surface area contributed by atoms with Crippen molar-refractivity contribution in [3.05, 3.63) is 47.8 Å². The number of aryl methyl sites for hydroxylation is 1. The number of benzene rings is 1. The van der Waals surface area contributed by atoms with Gasteiger partial charge in [0.15, 0.2) is 0 Å². The number of rotatable bonds is 4. The Morgan fingerprint density at radius 3 is 2.69 bits per heavy atom. The van der Waals surface area contributed by atoms with Gasteiger partial charge in [0.2, 0.25) is 0 Å². The fourth-order valence-electron chi connectivity index (χ4n) is 1.36. The van der Waals surface area contributed by atoms with Crippen LogP contribution in [0.3, 0.4) is 0 Å². The van der Waals surface area contributed by atoms with E-state index in [2.05, 4.69) is 5.10 Å². The summed E-state index contributed by atoms with van der Waals surface area (Å²) in [7, 11) is 1.91. The molecule has 0 bridgehead atoms. The highest BCUT2D eigenvalue weighted by molar-refractivity contribution is 7.98. The normalized spacial score (nSPS) is 10.3. The van der Waals surface area contributed by atoms with Crippen LogP contribution in [0.1, 0.15) is 15.9 Å². The van der Waals surface area contributed by atoms with E-state index in [1.165, 1.54) is 5.56 Å². The SMILES string of the molecule is Cn1cc(CSc2ccc(C=O)cc2)cn1. The van der Waals surface area contributed by atoms with Crippen LogP contribution < -0.4 is 0 Å². The Labute approximate surface area is 98.5 Å². The molecule has 0 aliphatic rings. The minimum Gasteiger partial charge on any atom is -0.298 e. The van der Waals surface area contributed by atoms with E-state index < -0.39 is 0 Å². The first-order valence-electron chi connectivity index (χ1n) is 4.93. The molecule has 2 aromatic rings. The van der Waals surface area contributed by atoms with E-state index in [-0.39, 0.29) is 0 Å². The Hall–Kier alpha value is -1.55. The van der Waals surface area contributed by atoms with Gasteiger partial charge in [-0.1, -0.05) is 12.1 Å². The van der Waals surface area contributed by atoms with Crippen molar-refractivity contribution >= 4 is 18.0 Å². The molecule has 2 rings (SSSR count). The smallest absolute Gasteiger partial charge is 0.150 e. The van der Waals surface area contributed by atoms with Crippen LogP contribution in [0, 0.1) is 0 Å². The number of carbonyl (C=O) groups is 1. The first-order valence-corrected chi connectivity index (χ1v) is 5.92. The maximum atomic E-state index is 10.5. The van der Waals surface area contributed by atoms with Crippen LogP contribution in [0.15, 0.2) is 41.6 Å². The highest BCUT2D eigenvalue weighted by atomic mass is 32.2. The van der Waals surface area contributed by atoms with Crippen LogP contribution in [0.4, 0.5) is 0 Å². The van der Waals surface area contributed by atoms with Gasteiger partial charge in [0.1, 0.15) is 6.29 Å². The molecule has 0 saturated carbocycles. The van der Waals surface area contributed by atoms with Gasteiger partial charge in [0, 0.05) is 35.0 Å². The summed E-state index contributed by atoms with van der Waals surface area (Å²) in [5.74, 6) is 0.897. The van der Waals surface area contributed by atoms with E-state index in [1.807, 2.05) is 43.7 Å². The van der Waals surface area contributed by atoms with E-state index in [9.17, 15) is 4.79 Å². The molecular formula is C12H12N2OS. The van der Waals surface area contributed by atoms with Crippen LogP contribution in [0.2, 0.25) is 0 Å². The molecule has 0 atom stereocenters. The van der Waals surface area contributed by atoms with Gasteiger partial charge >= 0.3 is 0 Å². The summed E-state index contributed by atoms with van der Waals surface area (Å²) in [5.41, 5.74) is 1.91. The lowest BCUT2D eigenvalue weighted by Gasteiger charge is -1.99. The maximum Gasteiger partial charge on any atom is 0.150 e. The Balaban J connectivity index is 1.96. The van der Waals surface area contributed by atoms with Crippen molar-refractivity contribution in [1.82, 2.24) is 9.78 Å². The zero-order valence-electron chi connectivity index (χ0n) is 8.96. The Bertz CT molecular complexity index is 476. The maximum absolute atomic E-state index is 10.5. The van der Waals surface area contributed by atoms with E-state index >= 15 is 0 Å². The van der Waals surface area contributed by atoms with Crippen LogP contribution in [0.5, 0.6) is 0 Å². The third-order valence-corrected chi connectivity index (χ3v) is 3.26. The molecule has 0 aliphatic carbocycles. The number of hydrogen-bond acceptors (Lipinski definition) is 3. The monoisotopic (exact) mass is 232 g/mol. The molecule has 1 aromatic heterocycles. The number of aromatic nitrogens is 2. The summed E-state index contributed by atoms with van der Waals surface area (Å²) in [6, 6.07) is 7.59. The van der Waals surface area contributed by atoms with Crippen LogP contribution in [-0.4, -0.2) is 16.1 Å². The minimum atomic E-state index is 0.714. The summed E-state index contributed by atoms with van der Waals surface area (Å²) in [5, 5.41) is 4.11. The molecule has 0 N–H and O–H groups in total. The van der Waals surface area contributed by atoms with E-state index in [4.69, 9.17) is 0 Å². The van der Waals surface area contributed by atoms with E-state index in [0.717, 1.165) is 16.9 Å². The van der Waals surface area contributed by atoms with Crippen LogP contribution in [-0.2, 0) is 12.8 Å². The second kappa shape index (κ2) is 4.99. The van der Waals surface area contributed by atoms with Crippen molar-refractivity contribution in [3.63, 3.8) is 0 Å². The van der Waals surface area contributed by atoms with Crippen molar-refractivity contribution in [2.45, 2.75) is 10.6 Å². The second-order valence-electron chi connectivity index (χ2n) is 3.50. The third-order valence-electron chi connectivity index (χ3n) is 2.18. The topological polar surface area (TPSA) is 34.9 Å². The van der Waals surface area contributed by atoms with Gasteiger partial charge in [-0.15, -0.1) is 11.8 Å². The fraction of sp³-hybridized carbons (Fsp3) is 0.167. The van der Waals surface area contributed by atoms with Crippen molar-refractivity contribution < 1.29 is 4.79 Å². The van der Waals surface area contributed by atoms with Gasteiger partial charge in [0.25, 0.3) is 0 Å². The third kappa shape index (κ3) is 2.73. The largest absolute Gasteiger partial charge is 0.298 e. The standard InChI is InChI=1S/C12H12N2OS/c1-14-7-11(6-13-14)9-16-12-4-2-10(8-15)3-5-12/h2-8H,9H2,1H3. The lowest BCUT2D eigenvalue weighted by Crippen LogP contribution is -1.84. The average molecular weight is 232 g/mol. The van der Waals surface area contributed by atoms with Crippen LogP contribution in [0.25, 0.3) is 0 Å². The predicted octanol–water partition coefficient (Wildman–Crippen LogP) is 2.52. The van der Waals surface area contributed by atoms with Gasteiger partial charge in [-0.05, 0) is 12.1 Å². The second-order valence-corrected chi connectivity index (χ2v) is 4.55. The molecule has 16 heavy (non-hydrogen) atoms. The molecule has 0 amide bonds. The summed E-state index contributed by atoms with van der Waals surface area (Å²) >= 11 is 1.74. The molecule has 0 aliphatic heterocycles. The fourth-order valence-corrected chi connectivity index (χ4v) is 2.17. The summed E-state index contributed by atoms with van der Waals surface area (Å²) in [6.45, 7) is 0. The molecule has 0 fully saturated rings. The van der Waals surface area contributed by atoms with E-state index in [1.54, 1.807) is 16.4 Å². The average Bonchev–Trinajstić information content (AvgIpc) is 2.73. The first kappa shape index (κ1) is 11.0. The lowest BCUT2D eigenvalue weighted by molar-refractivity contribution is 0.112. The number of carbonyl (C=O) groups excluding carboxylic acids is 1. The summed E-state index contributed by atoms with van der Waals surface area (Å²) in [4.78, 5) is 11.6. The lowest BCUT2D eigenvalue weighted by atomic mass is 10.2.